The van der Waals surface area contributed by atoms with Gasteiger partial charge in [-0.2, -0.15) is 0 Å². The number of rotatable bonds is 0. The predicted molar refractivity (Wildman–Crippen MR) is 14.7 cm³/mol. The van der Waals surface area contributed by atoms with Crippen LogP contribution in [0.4, 0.5) is 0 Å². The number of aliphatic hydroxyl groups excluding tert-OH is 1. The second-order valence-corrected chi connectivity index (χ2v) is 0.173. The van der Waals surface area contributed by atoms with E-state index in [2.05, 4.69) is 5.04 Å². The van der Waals surface area contributed by atoms with Gasteiger partial charge in [0, 0.05) is 0 Å². The van der Waals surface area contributed by atoms with Gasteiger partial charge in [-0.15, -0.1) is 0 Å². The van der Waals surface area contributed by atoms with Gasteiger partial charge in [0.1, 0.15) is 0 Å². The Labute approximate surface area is 61.7 Å². The molecule has 0 aromatic carbocycles. The zero-order valence-electron chi connectivity index (χ0n) is 3.66. The van der Waals surface area contributed by atoms with Gasteiger partial charge < -0.3 is 9.90 Å². The van der Waals surface area contributed by atoms with E-state index >= 15 is 0 Å². The van der Waals surface area contributed by atoms with Crippen molar-refractivity contribution in [3.05, 3.63) is 0 Å². The van der Waals surface area contributed by atoms with E-state index in [0.29, 0.717) is 6.47 Å². The van der Waals surface area contributed by atoms with Crippen molar-refractivity contribution in [2.75, 3.05) is 0 Å². The molecule has 0 aromatic heterocycles. The van der Waals surface area contributed by atoms with Crippen LogP contribution in [-0.2, 0) is 9.83 Å². The topological polar surface area (TPSA) is 87.0 Å². The van der Waals surface area contributed by atoms with Gasteiger partial charge in [-0.3, -0.25) is 0 Å². The van der Waals surface area contributed by atoms with Gasteiger partial charge in [0.15, 0.2) is 0 Å². The van der Waals surface area contributed by atoms with Crippen molar-refractivity contribution in [3.8, 4) is 0 Å². The molecule has 0 saturated heterocycles. The fourth-order valence-electron chi connectivity index (χ4n) is 0. The van der Waals surface area contributed by atoms with Crippen LogP contribution in [-0.4, -0.2) is 22.1 Å². The molecule has 3 N–H and O–H groups in total. The number of hydrogen-bond acceptors (Lipinski definition) is 4. The second-order valence-electron chi connectivity index (χ2n) is 0.173. The largest absolute Gasteiger partial charge is 1.00 e. The molecule has 0 aromatic rings. The molecule has 7 heavy (non-hydrogen) atoms. The third-order valence-corrected chi connectivity index (χ3v) is 0. The van der Waals surface area contributed by atoms with Crippen molar-refractivity contribution in [3.63, 3.8) is 0 Å². The summed E-state index contributed by atoms with van der Waals surface area (Å²) in [6.07, 6.45) is 0. The van der Waals surface area contributed by atoms with E-state index in [4.69, 9.17) is 20.4 Å². The van der Waals surface area contributed by atoms with Crippen LogP contribution in [0.2, 0.25) is 0 Å². The molecule has 0 amide bonds. The molecular formula is CH3NaO5. The summed E-state index contributed by atoms with van der Waals surface area (Å²) >= 11 is 0. The third-order valence-electron chi connectivity index (χ3n) is 0. The van der Waals surface area contributed by atoms with E-state index in [1.165, 1.54) is 0 Å². The van der Waals surface area contributed by atoms with E-state index in [9.17, 15) is 0 Å². The maximum Gasteiger partial charge on any atom is 1.00 e. The first-order chi connectivity index (χ1) is 2.83. The smallest absolute Gasteiger partial charge is 0.665 e. The molecule has 0 unspecified atom stereocenters. The van der Waals surface area contributed by atoms with E-state index in [1.807, 2.05) is 0 Å². The van der Waals surface area contributed by atoms with E-state index < -0.39 is 0 Å². The Bertz CT molecular complexity index is 22.0. The summed E-state index contributed by atoms with van der Waals surface area (Å²) in [7, 11) is 0. The first-order valence-corrected chi connectivity index (χ1v) is 0.793. The van der Waals surface area contributed by atoms with Gasteiger partial charge in [-0.05, 0) is 0 Å². The van der Waals surface area contributed by atoms with Crippen LogP contribution in [0.5, 0.6) is 0 Å². The standard InChI is InChI=1S/CHO2.Na.H2O3/c2-1-3;;1-3-2/h(H,2,3);;1-2H/q-1;+1;. The van der Waals surface area contributed by atoms with Crippen LogP contribution in [0, 0.1) is 0 Å². The molecule has 0 aliphatic carbocycles. The minimum Gasteiger partial charge on any atom is -0.665 e. The van der Waals surface area contributed by atoms with Gasteiger partial charge in [-0.25, -0.2) is 10.5 Å². The van der Waals surface area contributed by atoms with Crippen molar-refractivity contribution in [1.82, 2.24) is 0 Å². The normalized spacial score (nSPS) is 4.29. The first kappa shape index (κ1) is 15.7. The molecule has 0 radical (unpaired) electrons. The molecule has 0 saturated carbocycles. The maximum atomic E-state index is 8.24. The molecule has 0 spiro atoms. The van der Waals surface area contributed by atoms with Gasteiger partial charge in [-0.1, -0.05) is 11.5 Å². The monoisotopic (exact) mass is 118 g/mol. The summed E-state index contributed by atoms with van der Waals surface area (Å²) in [5.41, 5.74) is 0. The molecule has 0 rings (SSSR count). The molecule has 38 valence electrons. The molecule has 0 atom stereocenters. The van der Waals surface area contributed by atoms with E-state index in [1.54, 1.807) is 0 Å². The molecular weight excluding hydrogens is 115 g/mol. The average molecular weight is 118 g/mol. The quantitative estimate of drug-likeness (QED) is 0.133. The van der Waals surface area contributed by atoms with Gasteiger partial charge in [0.05, 0.1) is 0 Å². The summed E-state index contributed by atoms with van der Waals surface area (Å²) in [4.78, 5) is 8.24. The molecule has 0 bridgehead atoms. The summed E-state index contributed by atoms with van der Waals surface area (Å²) in [5, 5.41) is 22.3. The first-order valence-electron chi connectivity index (χ1n) is 0.793. The van der Waals surface area contributed by atoms with Gasteiger partial charge in [0.25, 0.3) is 0 Å². The Balaban J connectivity index is -0.0000000400. The Hall–Kier alpha value is 0.350. The zero-order valence-corrected chi connectivity index (χ0v) is 5.66. The van der Waals surface area contributed by atoms with Crippen LogP contribution in [0.25, 0.3) is 0 Å². The Morgan fingerprint density at radius 3 is 1.43 bits per heavy atom. The van der Waals surface area contributed by atoms with Crippen molar-refractivity contribution in [2.45, 2.75) is 0 Å². The summed E-state index contributed by atoms with van der Waals surface area (Å²) < 4.78 is 0. The van der Waals surface area contributed by atoms with Crippen LogP contribution in [0.3, 0.4) is 0 Å². The Morgan fingerprint density at radius 1 is 1.43 bits per heavy atom. The zero-order chi connectivity index (χ0) is 5.41. The minimum absolute atomic E-state index is 0. The predicted octanol–water partition coefficient (Wildman–Crippen LogP) is -3.44. The minimum atomic E-state index is 0. The molecule has 0 fully saturated rings. The van der Waals surface area contributed by atoms with Crippen LogP contribution in [0.1, 0.15) is 0 Å². The molecule has 6 heteroatoms. The summed E-state index contributed by atoms with van der Waals surface area (Å²) in [6.45, 7) is 0.500. The van der Waals surface area contributed by atoms with Crippen molar-refractivity contribution < 1.29 is 55.0 Å². The van der Waals surface area contributed by atoms with Crippen LogP contribution >= 0.6 is 0 Å². The molecule has 0 aliphatic heterocycles. The van der Waals surface area contributed by atoms with Crippen LogP contribution < -0.4 is 29.6 Å². The fourth-order valence-corrected chi connectivity index (χ4v) is 0. The molecule has 5 nitrogen and oxygen atoms in total. The van der Waals surface area contributed by atoms with Gasteiger partial charge in [0.2, 0.25) is 0 Å². The summed E-state index contributed by atoms with van der Waals surface area (Å²) in [6, 6.07) is 0. The van der Waals surface area contributed by atoms with Crippen molar-refractivity contribution >= 4 is 6.47 Å². The van der Waals surface area contributed by atoms with Crippen molar-refractivity contribution in [2.24, 2.45) is 0 Å². The Kier molecular flexibility index (Phi) is 73.6. The maximum absolute atomic E-state index is 8.24. The fraction of sp³-hybridized carbons (Fsp3) is 0. The third kappa shape index (κ3) is 981. The van der Waals surface area contributed by atoms with E-state index in [-0.39, 0.29) is 29.6 Å². The van der Waals surface area contributed by atoms with Crippen LogP contribution in [0.15, 0.2) is 0 Å². The molecule has 0 heterocycles. The number of hydrogen-bond donors (Lipinski definition) is 3. The average Bonchev–Trinajstić information content (AvgIpc) is 1.39. The second kappa shape index (κ2) is 32.9. The SMILES string of the molecule is O=[C-]O.OOO.[Na+]. The van der Waals surface area contributed by atoms with Crippen molar-refractivity contribution in [1.29, 1.82) is 0 Å². The Morgan fingerprint density at radius 2 is 1.43 bits per heavy atom. The molecule has 0 aliphatic rings. The van der Waals surface area contributed by atoms with E-state index in [0.717, 1.165) is 0 Å². The summed E-state index contributed by atoms with van der Waals surface area (Å²) in [5.74, 6) is 0. The van der Waals surface area contributed by atoms with Gasteiger partial charge >= 0.3 is 29.6 Å².